The van der Waals surface area contributed by atoms with Crippen molar-refractivity contribution in [2.24, 2.45) is 5.73 Å². The summed E-state index contributed by atoms with van der Waals surface area (Å²) in [5, 5.41) is 9.46. The summed E-state index contributed by atoms with van der Waals surface area (Å²) in [4.78, 5) is 0. The zero-order valence-electron chi connectivity index (χ0n) is 9.74. The van der Waals surface area contributed by atoms with E-state index in [9.17, 15) is 5.11 Å². The number of hydrogen-bond acceptors (Lipinski definition) is 3. The minimum absolute atomic E-state index is 0.156. The van der Waals surface area contributed by atoms with Crippen LogP contribution < -0.4 is 10.5 Å². The molecule has 3 heteroatoms. The topological polar surface area (TPSA) is 55.5 Å². The monoisotopic (exact) mass is 209 g/mol. The summed E-state index contributed by atoms with van der Waals surface area (Å²) >= 11 is 0. The first-order valence-corrected chi connectivity index (χ1v) is 5.02. The van der Waals surface area contributed by atoms with Crippen LogP contribution in [0.15, 0.2) is 18.2 Å². The Hall–Kier alpha value is -1.22. The van der Waals surface area contributed by atoms with E-state index in [0.29, 0.717) is 5.75 Å². The second-order valence-electron chi connectivity index (χ2n) is 4.47. The van der Waals surface area contributed by atoms with Gasteiger partial charge in [0.1, 0.15) is 0 Å². The van der Waals surface area contributed by atoms with Crippen LogP contribution in [0, 0.1) is 0 Å². The molecule has 0 bridgehead atoms. The van der Waals surface area contributed by atoms with Crippen molar-refractivity contribution in [3.05, 3.63) is 23.8 Å². The molecule has 15 heavy (non-hydrogen) atoms. The van der Waals surface area contributed by atoms with Crippen LogP contribution >= 0.6 is 0 Å². The summed E-state index contributed by atoms with van der Waals surface area (Å²) in [7, 11) is 1.54. The lowest BCUT2D eigenvalue weighted by molar-refractivity contribution is 0.370. The van der Waals surface area contributed by atoms with Gasteiger partial charge in [0.25, 0.3) is 0 Å². The zero-order valence-corrected chi connectivity index (χ0v) is 9.74. The Bertz CT molecular complexity index is 342. The maximum atomic E-state index is 9.46. The maximum absolute atomic E-state index is 9.46. The van der Waals surface area contributed by atoms with Crippen molar-refractivity contribution >= 4 is 0 Å². The van der Waals surface area contributed by atoms with Gasteiger partial charge in [0.2, 0.25) is 0 Å². The van der Waals surface area contributed by atoms with Gasteiger partial charge in [-0.15, -0.1) is 0 Å². The minimum atomic E-state index is -0.290. The molecule has 0 aliphatic heterocycles. The molecule has 0 spiro atoms. The van der Waals surface area contributed by atoms with Crippen LogP contribution in [0.3, 0.4) is 0 Å². The van der Waals surface area contributed by atoms with Crippen LogP contribution in [-0.4, -0.2) is 17.8 Å². The average molecular weight is 209 g/mol. The van der Waals surface area contributed by atoms with Gasteiger partial charge in [0, 0.05) is 5.54 Å². The van der Waals surface area contributed by atoms with Gasteiger partial charge in [0.15, 0.2) is 11.5 Å². The number of benzene rings is 1. The molecule has 0 saturated heterocycles. The Balaban J connectivity index is 3.06. The third-order valence-corrected chi connectivity index (χ3v) is 2.82. The van der Waals surface area contributed by atoms with Gasteiger partial charge in [-0.3, -0.25) is 0 Å². The Morgan fingerprint density at radius 1 is 1.40 bits per heavy atom. The number of phenols is 1. The second-order valence-corrected chi connectivity index (χ2v) is 4.47. The predicted octanol–water partition coefficient (Wildman–Crippen LogP) is 2.24. The summed E-state index contributed by atoms with van der Waals surface area (Å²) in [5.74, 6) is 0.846. The normalized spacial score (nSPS) is 13.7. The number of methoxy groups -OCH3 is 1. The van der Waals surface area contributed by atoms with Gasteiger partial charge in [-0.2, -0.15) is 0 Å². The molecule has 0 aliphatic carbocycles. The van der Waals surface area contributed by atoms with Crippen LogP contribution in [0.5, 0.6) is 11.5 Å². The number of rotatable bonds is 3. The lowest BCUT2D eigenvalue weighted by Crippen LogP contribution is -2.37. The van der Waals surface area contributed by atoms with E-state index in [4.69, 9.17) is 10.5 Å². The van der Waals surface area contributed by atoms with Gasteiger partial charge in [-0.05, 0) is 37.5 Å². The Morgan fingerprint density at radius 3 is 2.47 bits per heavy atom. The largest absolute Gasteiger partial charge is 0.504 e. The average Bonchev–Trinajstić information content (AvgIpc) is 2.16. The molecular formula is C12H19NO2. The third kappa shape index (κ3) is 2.63. The van der Waals surface area contributed by atoms with Crippen LogP contribution in [0.1, 0.15) is 32.3 Å². The Kier molecular flexibility index (Phi) is 3.25. The summed E-state index contributed by atoms with van der Waals surface area (Å²) in [5.41, 5.74) is 6.81. The van der Waals surface area contributed by atoms with E-state index in [-0.39, 0.29) is 17.2 Å². The first kappa shape index (κ1) is 11.9. The molecule has 0 heterocycles. The highest BCUT2D eigenvalue weighted by Crippen LogP contribution is 2.32. The van der Waals surface area contributed by atoms with E-state index in [2.05, 4.69) is 6.92 Å². The second kappa shape index (κ2) is 4.11. The first-order valence-electron chi connectivity index (χ1n) is 5.02. The Labute approximate surface area is 90.9 Å². The highest BCUT2D eigenvalue weighted by molar-refractivity contribution is 5.43. The van der Waals surface area contributed by atoms with Gasteiger partial charge >= 0.3 is 0 Å². The molecule has 1 unspecified atom stereocenters. The summed E-state index contributed by atoms with van der Waals surface area (Å²) < 4.78 is 5.06. The van der Waals surface area contributed by atoms with Gasteiger partial charge in [-0.1, -0.05) is 13.0 Å². The van der Waals surface area contributed by atoms with Crippen molar-refractivity contribution < 1.29 is 9.84 Å². The van der Waals surface area contributed by atoms with Gasteiger partial charge in [-0.25, -0.2) is 0 Å². The van der Waals surface area contributed by atoms with E-state index >= 15 is 0 Å². The highest BCUT2D eigenvalue weighted by atomic mass is 16.5. The summed E-state index contributed by atoms with van der Waals surface area (Å²) in [6, 6.07) is 5.34. The number of aromatic hydroxyl groups is 1. The van der Waals surface area contributed by atoms with Crippen molar-refractivity contribution in [1.29, 1.82) is 0 Å². The number of ether oxygens (including phenoxy) is 1. The molecule has 0 saturated carbocycles. The number of hydrogen-bond donors (Lipinski definition) is 2. The first-order chi connectivity index (χ1) is 6.86. The van der Waals surface area contributed by atoms with Crippen LogP contribution in [-0.2, 0) is 0 Å². The fourth-order valence-corrected chi connectivity index (χ4v) is 1.39. The highest BCUT2D eigenvalue weighted by Gasteiger charge is 2.22. The van der Waals surface area contributed by atoms with Crippen molar-refractivity contribution in [1.82, 2.24) is 0 Å². The van der Waals surface area contributed by atoms with E-state index in [1.807, 2.05) is 26.0 Å². The van der Waals surface area contributed by atoms with Crippen LogP contribution in [0.2, 0.25) is 0 Å². The molecule has 1 aromatic carbocycles. The van der Waals surface area contributed by atoms with Crippen molar-refractivity contribution in [3.63, 3.8) is 0 Å². The lowest BCUT2D eigenvalue weighted by atomic mass is 9.84. The molecule has 3 nitrogen and oxygen atoms in total. The third-order valence-electron chi connectivity index (χ3n) is 2.82. The molecule has 3 N–H and O–H groups in total. The molecule has 0 radical (unpaired) electrons. The number of nitrogens with two attached hydrogens (primary N) is 1. The van der Waals surface area contributed by atoms with Gasteiger partial charge < -0.3 is 15.6 Å². The molecule has 0 fully saturated rings. The smallest absolute Gasteiger partial charge is 0.160 e. The zero-order chi connectivity index (χ0) is 11.6. The molecular weight excluding hydrogens is 190 g/mol. The maximum Gasteiger partial charge on any atom is 0.160 e. The standard InChI is InChI=1S/C12H19NO2/c1-8(12(2,3)13)9-5-6-10(14)11(7-9)15-4/h5-8,14H,13H2,1-4H3. The molecule has 84 valence electrons. The molecule has 1 aromatic rings. The molecule has 0 amide bonds. The number of phenolic OH excluding ortho intramolecular Hbond substituents is 1. The predicted molar refractivity (Wildman–Crippen MR) is 61.3 cm³/mol. The molecule has 0 aromatic heterocycles. The van der Waals surface area contributed by atoms with Crippen LogP contribution in [0.4, 0.5) is 0 Å². The summed E-state index contributed by atoms with van der Waals surface area (Å²) in [6.45, 7) is 6.03. The van der Waals surface area contributed by atoms with Crippen molar-refractivity contribution in [2.75, 3.05) is 7.11 Å². The Morgan fingerprint density at radius 2 is 2.00 bits per heavy atom. The lowest BCUT2D eigenvalue weighted by Gasteiger charge is -2.27. The van der Waals surface area contributed by atoms with E-state index < -0.39 is 0 Å². The minimum Gasteiger partial charge on any atom is -0.504 e. The fourth-order valence-electron chi connectivity index (χ4n) is 1.39. The van der Waals surface area contributed by atoms with E-state index in [0.717, 1.165) is 5.56 Å². The van der Waals surface area contributed by atoms with Crippen LogP contribution in [0.25, 0.3) is 0 Å². The fraction of sp³-hybridized carbons (Fsp3) is 0.500. The molecule has 1 rings (SSSR count). The quantitative estimate of drug-likeness (QED) is 0.802. The summed E-state index contributed by atoms with van der Waals surface area (Å²) in [6.07, 6.45) is 0. The van der Waals surface area contributed by atoms with E-state index in [1.54, 1.807) is 6.07 Å². The van der Waals surface area contributed by atoms with Crippen molar-refractivity contribution in [3.8, 4) is 11.5 Å². The van der Waals surface area contributed by atoms with E-state index in [1.165, 1.54) is 7.11 Å². The van der Waals surface area contributed by atoms with Crippen molar-refractivity contribution in [2.45, 2.75) is 32.2 Å². The molecule has 1 atom stereocenters. The molecule has 0 aliphatic rings. The SMILES string of the molecule is COc1cc(C(C)C(C)(C)N)ccc1O. The van der Waals surface area contributed by atoms with Gasteiger partial charge in [0.05, 0.1) is 7.11 Å².